The average molecular weight is 348 g/mol. The van der Waals surface area contributed by atoms with E-state index in [1.165, 1.54) is 0 Å². The van der Waals surface area contributed by atoms with Gasteiger partial charge in [0.1, 0.15) is 5.69 Å². The number of nitrogens with zero attached hydrogens (tertiary/aromatic N) is 5. The van der Waals surface area contributed by atoms with Crippen LogP contribution in [0.4, 0.5) is 13.2 Å². The Balaban J connectivity index is 0.000000351. The summed E-state index contributed by atoms with van der Waals surface area (Å²) in [6, 6.07) is 0.422. The van der Waals surface area contributed by atoms with Gasteiger partial charge in [-0.3, -0.25) is 9.36 Å². The molecule has 1 atom stereocenters. The predicted octanol–water partition coefficient (Wildman–Crippen LogP) is 1.70. The molecule has 0 spiro atoms. The molecule has 0 saturated carbocycles. The van der Waals surface area contributed by atoms with Crippen LogP contribution < -0.4 is 5.73 Å². The molecule has 2 aromatic heterocycles. The van der Waals surface area contributed by atoms with Crippen molar-refractivity contribution >= 4 is 5.97 Å². The summed E-state index contributed by atoms with van der Waals surface area (Å²) in [7, 11) is 0. The Labute approximate surface area is 136 Å². The number of carboxylic acids is 1. The van der Waals surface area contributed by atoms with E-state index in [0.717, 1.165) is 11.3 Å². The lowest BCUT2D eigenvalue weighted by Crippen LogP contribution is -2.22. The summed E-state index contributed by atoms with van der Waals surface area (Å²) in [5.74, 6) is -2.76. The fourth-order valence-corrected chi connectivity index (χ4v) is 1.57. The van der Waals surface area contributed by atoms with Gasteiger partial charge in [0.2, 0.25) is 0 Å². The van der Waals surface area contributed by atoms with Gasteiger partial charge in [0, 0.05) is 23.8 Å². The molecule has 2 rings (SSSR count). The first-order valence-corrected chi connectivity index (χ1v) is 7.01. The van der Waals surface area contributed by atoms with Gasteiger partial charge >= 0.3 is 12.1 Å². The Morgan fingerprint density at radius 2 is 1.92 bits per heavy atom. The zero-order valence-electron chi connectivity index (χ0n) is 13.4. The van der Waals surface area contributed by atoms with Crippen LogP contribution in [0.3, 0.4) is 0 Å². The molecule has 0 aromatic carbocycles. The Morgan fingerprint density at radius 1 is 1.33 bits per heavy atom. The smallest absolute Gasteiger partial charge is 0.475 e. The number of carbonyl (C=O) groups is 1. The topological polar surface area (TPSA) is 112 Å². The molecule has 134 valence electrons. The van der Waals surface area contributed by atoms with E-state index >= 15 is 0 Å². The first-order chi connectivity index (χ1) is 11.0. The van der Waals surface area contributed by atoms with Crippen LogP contribution in [-0.4, -0.2) is 48.1 Å². The summed E-state index contributed by atoms with van der Waals surface area (Å²) in [6.45, 7) is 6.79. The number of alkyl halides is 3. The van der Waals surface area contributed by atoms with E-state index < -0.39 is 12.1 Å². The van der Waals surface area contributed by atoms with Gasteiger partial charge in [0.15, 0.2) is 0 Å². The number of hydrogen-bond acceptors (Lipinski definition) is 5. The Morgan fingerprint density at radius 3 is 2.33 bits per heavy atom. The van der Waals surface area contributed by atoms with Crippen LogP contribution in [0.2, 0.25) is 0 Å². The quantitative estimate of drug-likeness (QED) is 0.870. The van der Waals surface area contributed by atoms with Crippen LogP contribution in [0.5, 0.6) is 0 Å². The number of halogens is 3. The number of carboxylic acid groups (broad SMARTS) is 1. The highest BCUT2D eigenvalue weighted by Gasteiger charge is 2.38. The van der Waals surface area contributed by atoms with E-state index in [9.17, 15) is 13.2 Å². The molecular formula is C13H19F3N6O2. The van der Waals surface area contributed by atoms with E-state index in [2.05, 4.69) is 29.3 Å². The van der Waals surface area contributed by atoms with Crippen molar-refractivity contribution in [1.29, 1.82) is 0 Å². The van der Waals surface area contributed by atoms with Crippen molar-refractivity contribution in [3.63, 3.8) is 0 Å². The number of rotatable bonds is 4. The van der Waals surface area contributed by atoms with Crippen molar-refractivity contribution in [2.45, 2.75) is 45.6 Å². The molecule has 0 saturated heterocycles. The Bertz CT molecular complexity index is 663. The van der Waals surface area contributed by atoms with Crippen molar-refractivity contribution in [2.24, 2.45) is 5.73 Å². The zero-order valence-corrected chi connectivity index (χ0v) is 13.4. The highest BCUT2D eigenvalue weighted by molar-refractivity contribution is 5.73. The number of hydrogen-bond donors (Lipinski definition) is 2. The minimum atomic E-state index is -5.08. The van der Waals surface area contributed by atoms with E-state index in [0.29, 0.717) is 12.6 Å². The van der Waals surface area contributed by atoms with Gasteiger partial charge in [-0.05, 0) is 20.8 Å². The molecule has 11 heteroatoms. The third kappa shape index (κ3) is 5.99. The second-order valence-electron chi connectivity index (χ2n) is 5.41. The SMILES string of the molecule is CC(C)n1cc(-c2cn(C[C@H](C)N)nn2)cn1.O=C(O)C(F)(F)F. The molecular weight excluding hydrogens is 329 g/mol. The van der Waals surface area contributed by atoms with E-state index in [1.807, 2.05) is 24.0 Å². The van der Waals surface area contributed by atoms with Crippen molar-refractivity contribution in [1.82, 2.24) is 24.8 Å². The summed E-state index contributed by atoms with van der Waals surface area (Å²) in [5.41, 5.74) is 7.52. The summed E-state index contributed by atoms with van der Waals surface area (Å²) in [5, 5.41) is 19.6. The van der Waals surface area contributed by atoms with Crippen LogP contribution in [0, 0.1) is 0 Å². The third-order valence-corrected chi connectivity index (χ3v) is 2.68. The first kappa shape index (κ1) is 19.6. The number of nitrogens with two attached hydrogens (primary N) is 1. The predicted molar refractivity (Wildman–Crippen MR) is 79.0 cm³/mol. The molecule has 8 nitrogen and oxygen atoms in total. The molecule has 0 radical (unpaired) electrons. The van der Waals surface area contributed by atoms with Crippen molar-refractivity contribution < 1.29 is 23.1 Å². The Kier molecular flexibility index (Phi) is 6.46. The first-order valence-electron chi connectivity index (χ1n) is 7.01. The van der Waals surface area contributed by atoms with Gasteiger partial charge in [0.05, 0.1) is 18.9 Å². The molecule has 0 unspecified atom stereocenters. The number of aliphatic carboxylic acids is 1. The van der Waals surface area contributed by atoms with Gasteiger partial charge in [0.25, 0.3) is 0 Å². The molecule has 0 amide bonds. The molecule has 2 aromatic rings. The van der Waals surface area contributed by atoms with Crippen molar-refractivity contribution in [2.75, 3.05) is 0 Å². The maximum Gasteiger partial charge on any atom is 0.490 e. The lowest BCUT2D eigenvalue weighted by molar-refractivity contribution is -0.192. The summed E-state index contributed by atoms with van der Waals surface area (Å²) >= 11 is 0. The van der Waals surface area contributed by atoms with Gasteiger partial charge in [-0.15, -0.1) is 5.10 Å². The second kappa shape index (κ2) is 7.90. The molecule has 0 aliphatic heterocycles. The van der Waals surface area contributed by atoms with Crippen LogP contribution in [-0.2, 0) is 11.3 Å². The molecule has 3 N–H and O–H groups in total. The molecule has 2 heterocycles. The lowest BCUT2D eigenvalue weighted by Gasteiger charge is -2.02. The van der Waals surface area contributed by atoms with Gasteiger partial charge in [-0.2, -0.15) is 18.3 Å². The molecule has 0 fully saturated rings. The van der Waals surface area contributed by atoms with Gasteiger partial charge in [-0.25, -0.2) is 4.79 Å². The summed E-state index contributed by atoms with van der Waals surface area (Å²) in [6.07, 6.45) is 0.593. The second-order valence-corrected chi connectivity index (χ2v) is 5.41. The maximum absolute atomic E-state index is 10.6. The fourth-order valence-electron chi connectivity index (χ4n) is 1.57. The van der Waals surface area contributed by atoms with Crippen LogP contribution in [0.1, 0.15) is 26.8 Å². The number of aromatic nitrogens is 5. The van der Waals surface area contributed by atoms with Crippen molar-refractivity contribution in [3.05, 3.63) is 18.6 Å². The van der Waals surface area contributed by atoms with Crippen LogP contribution >= 0.6 is 0 Å². The molecule has 0 aliphatic rings. The fraction of sp³-hybridized carbons (Fsp3) is 0.538. The Hall–Kier alpha value is -2.43. The maximum atomic E-state index is 10.6. The normalized spacial score (nSPS) is 12.7. The van der Waals surface area contributed by atoms with Crippen molar-refractivity contribution in [3.8, 4) is 11.3 Å². The minimum absolute atomic E-state index is 0.0722. The van der Waals surface area contributed by atoms with E-state index in [4.69, 9.17) is 15.6 Å². The van der Waals surface area contributed by atoms with Crippen LogP contribution in [0.25, 0.3) is 11.3 Å². The summed E-state index contributed by atoms with van der Waals surface area (Å²) < 4.78 is 35.4. The van der Waals surface area contributed by atoms with E-state index in [1.54, 1.807) is 10.9 Å². The third-order valence-electron chi connectivity index (χ3n) is 2.68. The monoisotopic (exact) mass is 348 g/mol. The van der Waals surface area contributed by atoms with Gasteiger partial charge < -0.3 is 10.8 Å². The highest BCUT2D eigenvalue weighted by atomic mass is 19.4. The standard InChI is InChI=1S/C11H18N6.C2HF3O2/c1-8(2)17-6-10(4-13-17)11-7-16(15-14-11)5-9(3)12;3-2(4,5)1(6)7/h4,6-9H,5,12H2,1-3H3;(H,6,7)/t9-;/m0./s1. The molecule has 0 aliphatic carbocycles. The molecule has 0 bridgehead atoms. The average Bonchev–Trinajstić information content (AvgIpc) is 3.05. The summed E-state index contributed by atoms with van der Waals surface area (Å²) in [4.78, 5) is 8.90. The van der Waals surface area contributed by atoms with Crippen LogP contribution in [0.15, 0.2) is 18.6 Å². The van der Waals surface area contributed by atoms with Gasteiger partial charge in [-0.1, -0.05) is 5.21 Å². The largest absolute Gasteiger partial charge is 0.490 e. The molecule has 24 heavy (non-hydrogen) atoms. The lowest BCUT2D eigenvalue weighted by atomic mass is 10.3. The van der Waals surface area contributed by atoms with E-state index in [-0.39, 0.29) is 6.04 Å². The zero-order chi connectivity index (χ0) is 18.5. The highest BCUT2D eigenvalue weighted by Crippen LogP contribution is 2.16. The minimum Gasteiger partial charge on any atom is -0.475 e.